The number of hydrogen-bond donors (Lipinski definition) is 0. The molecule has 0 aromatic heterocycles. The van der Waals surface area contributed by atoms with Crippen molar-refractivity contribution >= 4 is 23.5 Å². The van der Waals surface area contributed by atoms with E-state index in [1.807, 2.05) is 23.5 Å². The van der Waals surface area contributed by atoms with Crippen LogP contribution in [0, 0.1) is 16.0 Å². The molecule has 0 amide bonds. The first-order chi connectivity index (χ1) is 22.0. The van der Waals surface area contributed by atoms with Crippen LogP contribution in [0.3, 0.4) is 0 Å². The van der Waals surface area contributed by atoms with Gasteiger partial charge in [0, 0.05) is 26.5 Å². The summed E-state index contributed by atoms with van der Waals surface area (Å²) in [6.45, 7) is 33.1. The third kappa shape index (κ3) is 13.7. The molecule has 48 heavy (non-hydrogen) atoms. The second-order valence-electron chi connectivity index (χ2n) is 16.9. The second-order valence-corrected chi connectivity index (χ2v) is 20.6. The lowest BCUT2D eigenvalue weighted by Gasteiger charge is -2.32. The number of hydrogen-bond acceptors (Lipinski definition) is 7. The molecule has 0 spiro atoms. The van der Waals surface area contributed by atoms with Crippen LogP contribution in [0.15, 0.2) is 34.1 Å². The van der Waals surface area contributed by atoms with Crippen LogP contribution in [0.4, 0.5) is 0 Å². The molecule has 272 valence electrons. The zero-order valence-corrected chi connectivity index (χ0v) is 34.2. The van der Waals surface area contributed by atoms with E-state index in [9.17, 15) is 10.1 Å². The highest BCUT2D eigenvalue weighted by atomic mass is 32.2. The Morgan fingerprint density at radius 3 is 1.52 bits per heavy atom. The Morgan fingerprint density at radius 1 is 0.667 bits per heavy atom. The molecule has 2 rings (SSSR count). The molecule has 0 saturated heterocycles. The van der Waals surface area contributed by atoms with Gasteiger partial charge in [0.25, 0.3) is 5.09 Å². The summed E-state index contributed by atoms with van der Waals surface area (Å²) in [4.78, 5) is 17.5. The van der Waals surface area contributed by atoms with Crippen LogP contribution >= 0.6 is 23.5 Å². The highest BCUT2D eigenvalue weighted by Crippen LogP contribution is 2.50. The van der Waals surface area contributed by atoms with Gasteiger partial charge in [-0.1, -0.05) is 95.9 Å². The largest absolute Gasteiger partial charge is 0.493 e. The Hall–Kier alpha value is -2.06. The van der Waals surface area contributed by atoms with Gasteiger partial charge in [0.15, 0.2) is 0 Å². The molecule has 0 atom stereocenters. The van der Waals surface area contributed by atoms with E-state index in [4.69, 9.17) is 9.47 Å². The van der Waals surface area contributed by atoms with E-state index >= 15 is 0 Å². The topological polar surface area (TPSA) is 70.8 Å². The monoisotopic (exact) mass is 703 g/mol. The van der Waals surface area contributed by atoms with Gasteiger partial charge in [0.1, 0.15) is 11.5 Å². The highest BCUT2D eigenvalue weighted by Gasteiger charge is 2.31. The zero-order valence-electron chi connectivity index (χ0n) is 32.6. The van der Waals surface area contributed by atoms with Gasteiger partial charge in [-0.2, -0.15) is 0 Å². The molecule has 0 aliphatic rings. The molecule has 0 radical (unpaired) electrons. The Kier molecular flexibility index (Phi) is 15.6. The van der Waals surface area contributed by atoms with Crippen molar-refractivity contribution in [1.82, 2.24) is 0 Å². The first kappa shape index (κ1) is 42.1. The van der Waals surface area contributed by atoms with E-state index in [0.717, 1.165) is 30.9 Å². The summed E-state index contributed by atoms with van der Waals surface area (Å²) >= 11 is 3.82. The molecular weight excluding hydrogens is 639 g/mol. The third-order valence-electron chi connectivity index (χ3n) is 7.96. The van der Waals surface area contributed by atoms with Crippen molar-refractivity contribution in [2.75, 3.05) is 19.8 Å². The molecule has 0 aliphatic carbocycles. The normalized spacial score (nSPS) is 12.8. The SMILES string of the molecule is CCCCCOc1c(C(C)(C)C)cc(SC(C)(C)Sc2cc(CC(C)C)c(OCCCCO[N+](=O)[O-])c(C(C)(C)C)c2)cc1C(C)(C)C. The minimum absolute atomic E-state index is 0.0589. The van der Waals surface area contributed by atoms with Gasteiger partial charge < -0.3 is 14.3 Å². The molecule has 0 fully saturated rings. The average molecular weight is 704 g/mol. The third-order valence-corrected chi connectivity index (χ3v) is 10.4. The Balaban J connectivity index is 2.50. The van der Waals surface area contributed by atoms with Crippen LogP contribution in [-0.2, 0) is 27.5 Å². The van der Waals surface area contributed by atoms with Crippen LogP contribution in [0.2, 0.25) is 0 Å². The zero-order chi connectivity index (χ0) is 36.5. The summed E-state index contributed by atoms with van der Waals surface area (Å²) in [5.74, 6) is 2.49. The molecule has 0 bridgehead atoms. The van der Waals surface area contributed by atoms with Gasteiger partial charge in [-0.3, -0.25) is 0 Å². The van der Waals surface area contributed by atoms with E-state index in [1.54, 1.807) is 0 Å². The molecule has 0 unspecified atom stereocenters. The lowest BCUT2D eigenvalue weighted by molar-refractivity contribution is -0.757. The smallest absolute Gasteiger partial charge is 0.294 e. The maximum Gasteiger partial charge on any atom is 0.294 e. The molecular formula is C40H65NO5S2. The summed E-state index contributed by atoms with van der Waals surface area (Å²) in [6, 6.07) is 9.38. The summed E-state index contributed by atoms with van der Waals surface area (Å²) in [7, 11) is 0. The number of unbranched alkanes of at least 4 members (excludes halogenated alkanes) is 3. The van der Waals surface area contributed by atoms with Crippen molar-refractivity contribution in [2.45, 2.75) is 166 Å². The first-order valence-electron chi connectivity index (χ1n) is 17.8. The predicted molar refractivity (Wildman–Crippen MR) is 206 cm³/mol. The van der Waals surface area contributed by atoms with Crippen molar-refractivity contribution in [3.8, 4) is 11.5 Å². The molecule has 6 nitrogen and oxygen atoms in total. The fourth-order valence-corrected chi connectivity index (χ4v) is 8.21. The molecule has 2 aromatic rings. The summed E-state index contributed by atoms with van der Waals surface area (Å²) in [6.07, 6.45) is 5.61. The standard InChI is InChI=1S/C40H65NO5S2/c1-15-16-17-20-45-36-33(38(7,8)9)26-31(27-34(36)39(10,11)12)48-40(13,14)47-30-24-29(23-28(2)3)35(32(25-30)37(4,5)6)44-21-18-19-22-46-41(42)43/h24-28H,15-23H2,1-14H3. The summed E-state index contributed by atoms with van der Waals surface area (Å²) < 4.78 is 12.9. The molecule has 0 aliphatic heterocycles. The molecule has 8 heteroatoms. The van der Waals surface area contributed by atoms with Crippen molar-refractivity contribution in [3.05, 3.63) is 56.6 Å². The van der Waals surface area contributed by atoms with E-state index < -0.39 is 5.09 Å². The number of ether oxygens (including phenoxy) is 2. The first-order valence-corrected chi connectivity index (χ1v) is 19.5. The van der Waals surface area contributed by atoms with Crippen LogP contribution in [0.1, 0.15) is 151 Å². The molecule has 2 aromatic carbocycles. The van der Waals surface area contributed by atoms with Gasteiger partial charge >= 0.3 is 0 Å². The second kappa shape index (κ2) is 17.7. The number of rotatable bonds is 18. The Bertz CT molecular complexity index is 1300. The van der Waals surface area contributed by atoms with Gasteiger partial charge in [-0.25, -0.2) is 0 Å². The predicted octanol–water partition coefficient (Wildman–Crippen LogP) is 12.3. The molecule has 0 saturated carbocycles. The van der Waals surface area contributed by atoms with Crippen LogP contribution in [0.5, 0.6) is 11.5 Å². The summed E-state index contributed by atoms with van der Waals surface area (Å²) in [5.41, 5.74) is 4.72. The summed E-state index contributed by atoms with van der Waals surface area (Å²) in [5, 5.41) is 9.77. The lowest BCUT2D eigenvalue weighted by Crippen LogP contribution is -2.21. The maximum atomic E-state index is 10.5. The van der Waals surface area contributed by atoms with Crippen molar-refractivity contribution < 1.29 is 19.4 Å². The van der Waals surface area contributed by atoms with Gasteiger partial charge in [0.05, 0.1) is 23.9 Å². The minimum atomic E-state index is -0.735. The van der Waals surface area contributed by atoms with E-state index in [1.165, 1.54) is 44.9 Å². The van der Waals surface area contributed by atoms with Gasteiger partial charge in [0.2, 0.25) is 0 Å². The average Bonchev–Trinajstić information content (AvgIpc) is 2.91. The van der Waals surface area contributed by atoms with Crippen LogP contribution < -0.4 is 9.47 Å². The Labute approximate surface area is 301 Å². The van der Waals surface area contributed by atoms with E-state index in [-0.39, 0.29) is 26.9 Å². The van der Waals surface area contributed by atoms with Crippen molar-refractivity contribution in [1.29, 1.82) is 0 Å². The quantitative estimate of drug-likeness (QED) is 0.0503. The van der Waals surface area contributed by atoms with Crippen molar-refractivity contribution in [3.63, 3.8) is 0 Å². The number of nitrogens with zero attached hydrogens (tertiary/aromatic N) is 1. The fraction of sp³-hybridized carbons (Fsp3) is 0.700. The molecule has 0 N–H and O–H groups in total. The van der Waals surface area contributed by atoms with Crippen LogP contribution in [-0.4, -0.2) is 29.0 Å². The lowest BCUT2D eigenvalue weighted by atomic mass is 9.79. The highest BCUT2D eigenvalue weighted by molar-refractivity contribution is 8.18. The minimum Gasteiger partial charge on any atom is -0.493 e. The number of benzene rings is 2. The van der Waals surface area contributed by atoms with E-state index in [2.05, 4.69) is 126 Å². The fourth-order valence-electron chi connectivity index (χ4n) is 5.60. The van der Waals surface area contributed by atoms with Gasteiger partial charge in [-0.15, -0.1) is 33.6 Å². The van der Waals surface area contributed by atoms with Crippen molar-refractivity contribution in [2.24, 2.45) is 5.92 Å². The maximum absolute atomic E-state index is 10.5. The number of thioether (sulfide) groups is 2. The van der Waals surface area contributed by atoms with Gasteiger partial charge in [-0.05, 0) is 91.5 Å². The van der Waals surface area contributed by atoms with Crippen LogP contribution in [0.25, 0.3) is 0 Å². The Morgan fingerprint density at radius 2 is 1.08 bits per heavy atom. The van der Waals surface area contributed by atoms with E-state index in [0.29, 0.717) is 25.4 Å². The molecule has 0 heterocycles.